The second-order valence-electron chi connectivity index (χ2n) is 6.81. The first-order valence-electron chi connectivity index (χ1n) is 8.54. The standard InChI is InChI=1S/C17H23N3O4S/c1-12-6-8-20(9-7-12)25(23,24)11-17(22)18-14-4-2-13-3-5-16(21)19-15(13)10-14/h2,4,10,12H,3,5-9,11H2,1H3,(H,18,22)(H,19,21). The molecule has 1 aromatic rings. The quantitative estimate of drug-likeness (QED) is 0.847. The number of amides is 2. The zero-order chi connectivity index (χ0) is 18.0. The molecule has 1 aromatic carbocycles. The molecule has 0 aromatic heterocycles. The van der Waals surface area contributed by atoms with Crippen LogP contribution in [0.3, 0.4) is 0 Å². The fraction of sp³-hybridized carbons (Fsp3) is 0.529. The Labute approximate surface area is 147 Å². The molecule has 2 amide bonds. The molecule has 7 nitrogen and oxygen atoms in total. The molecule has 0 saturated carbocycles. The number of sulfonamides is 1. The number of rotatable bonds is 4. The number of nitrogens with one attached hydrogen (secondary N) is 2. The van der Waals surface area contributed by atoms with E-state index in [4.69, 9.17) is 0 Å². The summed E-state index contributed by atoms with van der Waals surface area (Å²) in [5.41, 5.74) is 2.16. The van der Waals surface area contributed by atoms with Crippen LogP contribution in [0, 0.1) is 5.92 Å². The summed E-state index contributed by atoms with van der Waals surface area (Å²) >= 11 is 0. The molecule has 0 aliphatic carbocycles. The average Bonchev–Trinajstić information content (AvgIpc) is 2.54. The van der Waals surface area contributed by atoms with E-state index < -0.39 is 21.7 Å². The molecule has 0 bridgehead atoms. The number of hydrogen-bond acceptors (Lipinski definition) is 4. The number of anilines is 2. The molecule has 0 atom stereocenters. The van der Waals surface area contributed by atoms with Crippen molar-refractivity contribution in [3.8, 4) is 0 Å². The maximum atomic E-state index is 12.4. The fourth-order valence-electron chi connectivity index (χ4n) is 3.17. The van der Waals surface area contributed by atoms with Gasteiger partial charge in [-0.1, -0.05) is 13.0 Å². The van der Waals surface area contributed by atoms with Crippen molar-refractivity contribution >= 4 is 33.2 Å². The van der Waals surface area contributed by atoms with Gasteiger partial charge in [0.25, 0.3) is 0 Å². The van der Waals surface area contributed by atoms with Crippen molar-refractivity contribution in [2.24, 2.45) is 5.92 Å². The third-order valence-corrected chi connectivity index (χ3v) is 6.52. The number of nitrogens with zero attached hydrogens (tertiary/aromatic N) is 1. The highest BCUT2D eigenvalue weighted by atomic mass is 32.2. The molecule has 0 spiro atoms. The minimum atomic E-state index is -3.60. The Morgan fingerprint density at radius 3 is 2.72 bits per heavy atom. The van der Waals surface area contributed by atoms with Gasteiger partial charge >= 0.3 is 0 Å². The van der Waals surface area contributed by atoms with Gasteiger partial charge in [-0.05, 0) is 42.9 Å². The normalized spacial score (nSPS) is 19.2. The SMILES string of the molecule is CC1CCN(S(=O)(=O)CC(=O)Nc2ccc3c(c2)NC(=O)CC3)CC1. The second-order valence-corrected chi connectivity index (χ2v) is 8.77. The maximum Gasteiger partial charge on any atom is 0.241 e. The minimum absolute atomic E-state index is 0.0575. The van der Waals surface area contributed by atoms with Crippen molar-refractivity contribution in [2.45, 2.75) is 32.6 Å². The summed E-state index contributed by atoms with van der Waals surface area (Å²) in [5.74, 6) is -0.672. The molecular formula is C17H23N3O4S. The Morgan fingerprint density at radius 1 is 1.28 bits per heavy atom. The summed E-state index contributed by atoms with van der Waals surface area (Å²) in [6.07, 6.45) is 2.76. The highest BCUT2D eigenvalue weighted by Crippen LogP contribution is 2.26. The predicted octanol–water partition coefficient (Wildman–Crippen LogP) is 1.57. The van der Waals surface area contributed by atoms with Crippen molar-refractivity contribution < 1.29 is 18.0 Å². The fourth-order valence-corrected chi connectivity index (χ4v) is 4.52. The number of piperidine rings is 1. The van der Waals surface area contributed by atoms with E-state index in [9.17, 15) is 18.0 Å². The van der Waals surface area contributed by atoms with Crippen LogP contribution < -0.4 is 10.6 Å². The van der Waals surface area contributed by atoms with Gasteiger partial charge < -0.3 is 10.6 Å². The number of hydrogen-bond donors (Lipinski definition) is 2. The smallest absolute Gasteiger partial charge is 0.241 e. The molecule has 3 rings (SSSR count). The molecule has 2 N–H and O–H groups in total. The molecule has 25 heavy (non-hydrogen) atoms. The van der Waals surface area contributed by atoms with Gasteiger partial charge in [-0.15, -0.1) is 0 Å². The molecule has 0 radical (unpaired) electrons. The van der Waals surface area contributed by atoms with Gasteiger partial charge in [-0.3, -0.25) is 9.59 Å². The van der Waals surface area contributed by atoms with E-state index in [-0.39, 0.29) is 5.91 Å². The molecule has 2 heterocycles. The van der Waals surface area contributed by atoms with Crippen LogP contribution in [0.5, 0.6) is 0 Å². The van der Waals surface area contributed by atoms with Crippen LogP contribution in [-0.2, 0) is 26.0 Å². The van der Waals surface area contributed by atoms with Gasteiger partial charge in [-0.25, -0.2) is 12.7 Å². The molecule has 8 heteroatoms. The number of benzene rings is 1. The third kappa shape index (κ3) is 4.38. The van der Waals surface area contributed by atoms with E-state index in [1.807, 2.05) is 6.07 Å². The molecule has 1 fully saturated rings. The molecule has 2 aliphatic heterocycles. The Morgan fingerprint density at radius 2 is 2.00 bits per heavy atom. The lowest BCUT2D eigenvalue weighted by Gasteiger charge is -2.29. The van der Waals surface area contributed by atoms with Gasteiger partial charge in [0, 0.05) is 30.9 Å². The first kappa shape index (κ1) is 17.9. The lowest BCUT2D eigenvalue weighted by Crippen LogP contribution is -2.41. The number of carbonyl (C=O) groups excluding carboxylic acids is 2. The van der Waals surface area contributed by atoms with Crippen molar-refractivity contribution in [1.29, 1.82) is 0 Å². The Balaban J connectivity index is 1.62. The Hall–Kier alpha value is -1.93. The second kappa shape index (κ2) is 7.13. The van der Waals surface area contributed by atoms with Crippen LogP contribution in [0.2, 0.25) is 0 Å². The molecular weight excluding hydrogens is 342 g/mol. The highest BCUT2D eigenvalue weighted by Gasteiger charge is 2.28. The van der Waals surface area contributed by atoms with Crippen molar-refractivity contribution in [2.75, 3.05) is 29.5 Å². The molecule has 136 valence electrons. The first-order chi connectivity index (χ1) is 11.8. The van der Waals surface area contributed by atoms with Gasteiger partial charge in [0.2, 0.25) is 21.8 Å². The van der Waals surface area contributed by atoms with Crippen molar-refractivity contribution in [3.05, 3.63) is 23.8 Å². The van der Waals surface area contributed by atoms with E-state index in [1.54, 1.807) is 12.1 Å². The zero-order valence-electron chi connectivity index (χ0n) is 14.2. The molecule has 1 saturated heterocycles. The van der Waals surface area contributed by atoms with Gasteiger partial charge in [0.15, 0.2) is 0 Å². The monoisotopic (exact) mass is 365 g/mol. The third-order valence-electron chi connectivity index (χ3n) is 4.74. The van der Waals surface area contributed by atoms with E-state index >= 15 is 0 Å². The van der Waals surface area contributed by atoms with Gasteiger partial charge in [-0.2, -0.15) is 0 Å². The predicted molar refractivity (Wildman–Crippen MR) is 95.8 cm³/mol. The van der Waals surface area contributed by atoms with Crippen molar-refractivity contribution in [3.63, 3.8) is 0 Å². The summed E-state index contributed by atoms with van der Waals surface area (Å²) in [6, 6.07) is 5.23. The van der Waals surface area contributed by atoms with E-state index in [2.05, 4.69) is 17.6 Å². The molecule has 0 unspecified atom stereocenters. The lowest BCUT2D eigenvalue weighted by atomic mass is 10.0. The van der Waals surface area contributed by atoms with Crippen LogP contribution in [0.4, 0.5) is 11.4 Å². The summed E-state index contributed by atoms with van der Waals surface area (Å²) in [6.45, 7) is 3.05. The van der Waals surface area contributed by atoms with E-state index in [0.29, 0.717) is 43.2 Å². The zero-order valence-corrected chi connectivity index (χ0v) is 15.1. The average molecular weight is 365 g/mol. The molecule has 2 aliphatic rings. The number of aryl methyl sites for hydroxylation is 1. The number of carbonyl (C=O) groups is 2. The van der Waals surface area contributed by atoms with Gasteiger partial charge in [0.1, 0.15) is 5.75 Å². The van der Waals surface area contributed by atoms with Crippen LogP contribution in [-0.4, -0.2) is 43.4 Å². The lowest BCUT2D eigenvalue weighted by molar-refractivity contribution is -0.116. The largest absolute Gasteiger partial charge is 0.326 e. The summed E-state index contributed by atoms with van der Waals surface area (Å²) < 4.78 is 26.2. The maximum absolute atomic E-state index is 12.4. The number of fused-ring (bicyclic) bond motifs is 1. The van der Waals surface area contributed by atoms with E-state index in [1.165, 1.54) is 4.31 Å². The highest BCUT2D eigenvalue weighted by molar-refractivity contribution is 7.89. The topological polar surface area (TPSA) is 95.6 Å². The van der Waals surface area contributed by atoms with E-state index in [0.717, 1.165) is 18.4 Å². The van der Waals surface area contributed by atoms with Crippen LogP contribution >= 0.6 is 0 Å². The Kier molecular flexibility index (Phi) is 5.10. The van der Waals surface area contributed by atoms with Crippen LogP contribution in [0.1, 0.15) is 31.7 Å². The van der Waals surface area contributed by atoms with Crippen molar-refractivity contribution in [1.82, 2.24) is 4.31 Å². The summed E-state index contributed by atoms with van der Waals surface area (Å²) in [7, 11) is -3.60. The summed E-state index contributed by atoms with van der Waals surface area (Å²) in [5, 5.41) is 5.38. The van der Waals surface area contributed by atoms with Crippen LogP contribution in [0.25, 0.3) is 0 Å². The van der Waals surface area contributed by atoms with Gasteiger partial charge in [0.05, 0.1) is 0 Å². The van der Waals surface area contributed by atoms with Crippen LogP contribution in [0.15, 0.2) is 18.2 Å². The minimum Gasteiger partial charge on any atom is -0.326 e. The Bertz CT molecular complexity index is 783. The summed E-state index contributed by atoms with van der Waals surface area (Å²) in [4.78, 5) is 23.6. The first-order valence-corrected chi connectivity index (χ1v) is 10.1.